The number of aromatic nitrogens is 1. The summed E-state index contributed by atoms with van der Waals surface area (Å²) in [5.74, 6) is 0.852. The Kier molecular flexibility index (Phi) is 3.85. The predicted molar refractivity (Wildman–Crippen MR) is 89.2 cm³/mol. The Morgan fingerprint density at radius 3 is 2.80 bits per heavy atom. The Labute approximate surface area is 129 Å². The number of para-hydroxylation sites is 1. The topological polar surface area (TPSA) is 22.1 Å². The first-order valence-electron chi connectivity index (χ1n) is 6.13. The van der Waals surface area contributed by atoms with Gasteiger partial charge in [0.2, 0.25) is 0 Å². The molecule has 0 atom stereocenters. The predicted octanol–water partition coefficient (Wildman–Crippen LogP) is 5.24. The highest BCUT2D eigenvalue weighted by Crippen LogP contribution is 2.27. The first-order chi connectivity index (χ1) is 9.76. The van der Waals surface area contributed by atoms with E-state index in [-0.39, 0.29) is 0 Å². The van der Waals surface area contributed by atoms with Gasteiger partial charge in [-0.3, -0.25) is 0 Å². The number of nitrogens with zero attached hydrogens (tertiary/aromatic N) is 1. The fraction of sp³-hybridized carbons (Fsp3) is 0.0625. The van der Waals surface area contributed by atoms with Crippen molar-refractivity contribution in [1.29, 1.82) is 0 Å². The summed E-state index contributed by atoms with van der Waals surface area (Å²) in [7, 11) is 1.68. The third-order valence-corrected chi connectivity index (χ3v) is 4.40. The molecule has 4 heteroatoms. The normalized spacial score (nSPS) is 11.3. The molecule has 0 N–H and O–H groups in total. The molecule has 3 rings (SSSR count). The first-order valence-corrected chi connectivity index (χ1v) is 7.74. The molecule has 0 bridgehead atoms. The minimum Gasteiger partial charge on any atom is -0.496 e. The number of ether oxygens (including phenoxy) is 1. The van der Waals surface area contributed by atoms with Gasteiger partial charge in [-0.2, -0.15) is 0 Å². The van der Waals surface area contributed by atoms with Crippen molar-refractivity contribution in [1.82, 2.24) is 4.98 Å². The molecule has 0 amide bonds. The molecule has 0 aliphatic carbocycles. The van der Waals surface area contributed by atoms with Gasteiger partial charge in [-0.15, -0.1) is 11.3 Å². The lowest BCUT2D eigenvalue weighted by molar-refractivity contribution is 0.414. The maximum absolute atomic E-state index is 5.36. The van der Waals surface area contributed by atoms with Crippen molar-refractivity contribution in [2.45, 2.75) is 0 Å². The lowest BCUT2D eigenvalue weighted by Gasteiger charge is -2.04. The van der Waals surface area contributed by atoms with Crippen molar-refractivity contribution >= 4 is 49.6 Å². The van der Waals surface area contributed by atoms with Gasteiger partial charge in [-0.1, -0.05) is 28.1 Å². The van der Waals surface area contributed by atoms with E-state index in [1.807, 2.05) is 48.6 Å². The molecule has 20 heavy (non-hydrogen) atoms. The van der Waals surface area contributed by atoms with Crippen molar-refractivity contribution < 1.29 is 4.74 Å². The highest BCUT2D eigenvalue weighted by atomic mass is 79.9. The Bertz CT molecular complexity index is 746. The summed E-state index contributed by atoms with van der Waals surface area (Å²) < 4.78 is 7.59. The second kappa shape index (κ2) is 5.77. The number of rotatable bonds is 3. The zero-order chi connectivity index (χ0) is 13.9. The quantitative estimate of drug-likeness (QED) is 0.647. The minimum absolute atomic E-state index is 0.852. The zero-order valence-corrected chi connectivity index (χ0v) is 13.2. The minimum atomic E-state index is 0.852. The van der Waals surface area contributed by atoms with E-state index in [0.29, 0.717) is 0 Å². The largest absolute Gasteiger partial charge is 0.496 e. The maximum Gasteiger partial charge on any atom is 0.126 e. The van der Waals surface area contributed by atoms with Crippen molar-refractivity contribution in [3.8, 4) is 5.75 Å². The number of fused-ring (bicyclic) bond motifs is 1. The van der Waals surface area contributed by atoms with Crippen LogP contribution in [0, 0.1) is 0 Å². The van der Waals surface area contributed by atoms with E-state index in [2.05, 4.69) is 27.0 Å². The zero-order valence-electron chi connectivity index (χ0n) is 10.8. The SMILES string of the molecule is COc1ccc(Br)cc1/C=C/c1nc2ccccc2s1. The molecule has 0 spiro atoms. The standard InChI is InChI=1S/C16H12BrNOS/c1-19-14-8-7-12(17)10-11(14)6-9-16-18-13-4-2-3-5-15(13)20-16/h2-10H,1H3/b9-6+. The summed E-state index contributed by atoms with van der Waals surface area (Å²) in [6.07, 6.45) is 4.05. The highest BCUT2D eigenvalue weighted by molar-refractivity contribution is 9.10. The van der Waals surface area contributed by atoms with Gasteiger partial charge in [-0.25, -0.2) is 4.98 Å². The van der Waals surface area contributed by atoms with Crippen LogP contribution in [0.25, 0.3) is 22.4 Å². The van der Waals surface area contributed by atoms with Crippen LogP contribution in [-0.2, 0) is 0 Å². The summed E-state index contributed by atoms with van der Waals surface area (Å²) >= 11 is 5.16. The van der Waals surface area contributed by atoms with Crippen LogP contribution in [-0.4, -0.2) is 12.1 Å². The molecule has 1 heterocycles. The molecule has 0 saturated heterocycles. The van der Waals surface area contributed by atoms with E-state index in [1.54, 1.807) is 18.4 Å². The van der Waals surface area contributed by atoms with E-state index >= 15 is 0 Å². The van der Waals surface area contributed by atoms with Crippen molar-refractivity contribution in [3.63, 3.8) is 0 Å². The molecule has 0 saturated carbocycles. The second-order valence-corrected chi connectivity index (χ2v) is 6.22. The van der Waals surface area contributed by atoms with E-state index in [0.717, 1.165) is 26.3 Å². The van der Waals surface area contributed by atoms with Gasteiger partial charge in [-0.05, 0) is 42.5 Å². The van der Waals surface area contributed by atoms with Crippen LogP contribution in [0.4, 0.5) is 0 Å². The fourth-order valence-corrected chi connectivity index (χ4v) is 3.21. The number of benzene rings is 2. The van der Waals surface area contributed by atoms with E-state index in [4.69, 9.17) is 4.74 Å². The van der Waals surface area contributed by atoms with E-state index in [9.17, 15) is 0 Å². The van der Waals surface area contributed by atoms with Crippen LogP contribution in [0.15, 0.2) is 46.9 Å². The molecule has 1 aromatic heterocycles. The van der Waals surface area contributed by atoms with Gasteiger partial charge >= 0.3 is 0 Å². The molecule has 2 aromatic carbocycles. The average Bonchev–Trinajstić information content (AvgIpc) is 2.88. The van der Waals surface area contributed by atoms with Gasteiger partial charge in [0.1, 0.15) is 10.8 Å². The molecule has 100 valence electrons. The maximum atomic E-state index is 5.36. The van der Waals surface area contributed by atoms with Crippen LogP contribution in [0.1, 0.15) is 10.6 Å². The van der Waals surface area contributed by atoms with Crippen molar-refractivity contribution in [2.75, 3.05) is 7.11 Å². The van der Waals surface area contributed by atoms with Crippen LogP contribution in [0.2, 0.25) is 0 Å². The van der Waals surface area contributed by atoms with Gasteiger partial charge in [0.25, 0.3) is 0 Å². The van der Waals surface area contributed by atoms with Gasteiger partial charge in [0.05, 0.1) is 17.3 Å². The van der Waals surface area contributed by atoms with Gasteiger partial charge in [0, 0.05) is 10.0 Å². The second-order valence-electron chi connectivity index (χ2n) is 4.24. The number of hydrogen-bond donors (Lipinski definition) is 0. The summed E-state index contributed by atoms with van der Waals surface area (Å²) in [5.41, 5.74) is 2.07. The summed E-state index contributed by atoms with van der Waals surface area (Å²) in [6, 6.07) is 14.1. The van der Waals surface area contributed by atoms with Crippen LogP contribution >= 0.6 is 27.3 Å². The Balaban J connectivity index is 1.95. The summed E-state index contributed by atoms with van der Waals surface area (Å²) in [6.45, 7) is 0. The summed E-state index contributed by atoms with van der Waals surface area (Å²) in [4.78, 5) is 4.58. The Morgan fingerprint density at radius 2 is 2.00 bits per heavy atom. The van der Waals surface area contributed by atoms with Crippen LogP contribution in [0.5, 0.6) is 5.75 Å². The number of hydrogen-bond acceptors (Lipinski definition) is 3. The van der Waals surface area contributed by atoms with E-state index in [1.165, 1.54) is 4.70 Å². The molecular weight excluding hydrogens is 334 g/mol. The fourth-order valence-electron chi connectivity index (χ4n) is 1.96. The third kappa shape index (κ3) is 2.76. The smallest absolute Gasteiger partial charge is 0.126 e. The van der Waals surface area contributed by atoms with Crippen LogP contribution < -0.4 is 4.74 Å². The monoisotopic (exact) mass is 345 g/mol. The molecule has 2 nitrogen and oxygen atoms in total. The average molecular weight is 346 g/mol. The van der Waals surface area contributed by atoms with Crippen molar-refractivity contribution in [3.05, 3.63) is 57.5 Å². The molecule has 0 unspecified atom stereocenters. The van der Waals surface area contributed by atoms with Crippen LogP contribution in [0.3, 0.4) is 0 Å². The summed E-state index contributed by atoms with van der Waals surface area (Å²) in [5, 5.41) is 0.994. The molecule has 0 aliphatic heterocycles. The van der Waals surface area contributed by atoms with Gasteiger partial charge < -0.3 is 4.74 Å². The number of thiazole rings is 1. The van der Waals surface area contributed by atoms with Crippen molar-refractivity contribution in [2.24, 2.45) is 0 Å². The highest BCUT2D eigenvalue weighted by Gasteiger charge is 2.02. The molecular formula is C16H12BrNOS. The lowest BCUT2D eigenvalue weighted by Crippen LogP contribution is -1.86. The van der Waals surface area contributed by atoms with E-state index < -0.39 is 0 Å². The third-order valence-electron chi connectivity index (χ3n) is 2.91. The molecule has 0 radical (unpaired) electrons. The number of halogens is 1. The first kappa shape index (κ1) is 13.3. The Hall–Kier alpha value is -1.65. The molecule has 0 fully saturated rings. The lowest BCUT2D eigenvalue weighted by atomic mass is 10.2. The Morgan fingerprint density at radius 1 is 1.15 bits per heavy atom. The molecule has 0 aliphatic rings. The number of methoxy groups -OCH3 is 1. The molecule has 3 aromatic rings. The van der Waals surface area contributed by atoms with Gasteiger partial charge in [0.15, 0.2) is 0 Å².